The first kappa shape index (κ1) is 14.9. The van der Waals surface area contributed by atoms with E-state index in [-0.39, 0.29) is 12.1 Å². The normalized spacial score (nSPS) is 31.1. The van der Waals surface area contributed by atoms with E-state index in [4.69, 9.17) is 0 Å². The Kier molecular flexibility index (Phi) is 5.90. The van der Waals surface area contributed by atoms with E-state index in [1.807, 2.05) is 0 Å². The second kappa shape index (κ2) is 6.72. The molecule has 17 heavy (non-hydrogen) atoms. The largest absolute Gasteiger partial charge is 0.394 e. The Balaban J connectivity index is 2.53. The predicted molar refractivity (Wildman–Crippen MR) is 73.3 cm³/mol. The van der Waals surface area contributed by atoms with Crippen LogP contribution >= 0.6 is 0 Å². The van der Waals surface area contributed by atoms with Gasteiger partial charge in [-0.25, -0.2) is 0 Å². The Labute approximate surface area is 107 Å². The summed E-state index contributed by atoms with van der Waals surface area (Å²) in [5, 5.41) is 13.1. The fourth-order valence-electron chi connectivity index (χ4n) is 3.16. The summed E-state index contributed by atoms with van der Waals surface area (Å²) in [5.41, 5.74) is -0.0143. The molecular weight excluding hydrogens is 212 g/mol. The van der Waals surface area contributed by atoms with E-state index in [9.17, 15) is 5.11 Å². The zero-order chi connectivity index (χ0) is 12.9. The molecule has 2 N–H and O–H groups in total. The molecule has 0 spiro atoms. The van der Waals surface area contributed by atoms with Crippen molar-refractivity contribution in [3.8, 4) is 0 Å². The van der Waals surface area contributed by atoms with Gasteiger partial charge in [0.2, 0.25) is 0 Å². The average Bonchev–Trinajstić information content (AvgIpc) is 2.74. The van der Waals surface area contributed by atoms with Crippen molar-refractivity contribution in [2.45, 2.75) is 70.5 Å². The summed E-state index contributed by atoms with van der Waals surface area (Å²) in [7, 11) is 2.24. The molecule has 0 aliphatic heterocycles. The minimum Gasteiger partial charge on any atom is -0.394 e. The predicted octanol–water partition coefficient (Wildman–Crippen LogP) is 2.00. The number of hydrogen-bond donors (Lipinski definition) is 2. The van der Waals surface area contributed by atoms with E-state index in [1.165, 1.54) is 19.3 Å². The Morgan fingerprint density at radius 1 is 1.47 bits per heavy atom. The zero-order valence-electron chi connectivity index (χ0n) is 12.0. The SMILES string of the molecule is CCCC(C)N(C)C1CCC(CO)(NCC)C1. The molecule has 0 aromatic rings. The standard InChI is InChI=1S/C14H30N2O/c1-5-7-12(3)16(4)13-8-9-14(10-13,11-17)15-6-2/h12-13,15,17H,5-11H2,1-4H3. The lowest BCUT2D eigenvalue weighted by Gasteiger charge is -2.33. The smallest absolute Gasteiger partial charge is 0.0613 e. The molecule has 0 aromatic carbocycles. The number of nitrogens with zero attached hydrogens (tertiary/aromatic N) is 1. The van der Waals surface area contributed by atoms with Crippen LogP contribution in [-0.4, -0.2) is 47.8 Å². The van der Waals surface area contributed by atoms with E-state index in [0.717, 1.165) is 19.4 Å². The maximum Gasteiger partial charge on any atom is 0.0613 e. The van der Waals surface area contributed by atoms with Gasteiger partial charge in [0.15, 0.2) is 0 Å². The average molecular weight is 242 g/mol. The Morgan fingerprint density at radius 3 is 2.71 bits per heavy atom. The Morgan fingerprint density at radius 2 is 2.18 bits per heavy atom. The number of hydrogen-bond acceptors (Lipinski definition) is 3. The lowest BCUT2D eigenvalue weighted by Crippen LogP contribution is -2.48. The van der Waals surface area contributed by atoms with Crippen LogP contribution in [0.5, 0.6) is 0 Å². The highest BCUT2D eigenvalue weighted by Gasteiger charge is 2.40. The molecular formula is C14H30N2O. The first-order valence-corrected chi connectivity index (χ1v) is 7.16. The van der Waals surface area contributed by atoms with Crippen molar-refractivity contribution in [2.75, 3.05) is 20.2 Å². The molecule has 0 saturated heterocycles. The summed E-state index contributed by atoms with van der Waals surface area (Å²) in [6.07, 6.45) is 5.90. The van der Waals surface area contributed by atoms with Crippen molar-refractivity contribution in [3.63, 3.8) is 0 Å². The molecule has 1 rings (SSSR count). The molecule has 0 bridgehead atoms. The quantitative estimate of drug-likeness (QED) is 0.717. The van der Waals surface area contributed by atoms with Crippen LogP contribution in [0, 0.1) is 0 Å². The highest BCUT2D eigenvalue weighted by molar-refractivity contribution is 4.99. The number of rotatable bonds is 7. The van der Waals surface area contributed by atoms with Crippen molar-refractivity contribution < 1.29 is 5.11 Å². The second-order valence-electron chi connectivity index (χ2n) is 5.67. The van der Waals surface area contributed by atoms with Gasteiger partial charge in [-0.2, -0.15) is 0 Å². The van der Waals surface area contributed by atoms with Gasteiger partial charge in [0.05, 0.1) is 6.61 Å². The summed E-state index contributed by atoms with van der Waals surface area (Å²) < 4.78 is 0. The van der Waals surface area contributed by atoms with Crippen molar-refractivity contribution in [1.82, 2.24) is 10.2 Å². The molecule has 0 aromatic heterocycles. The summed E-state index contributed by atoms with van der Waals surface area (Å²) in [4.78, 5) is 2.51. The molecule has 1 saturated carbocycles. The fourth-order valence-corrected chi connectivity index (χ4v) is 3.16. The van der Waals surface area contributed by atoms with Crippen molar-refractivity contribution >= 4 is 0 Å². The number of nitrogens with one attached hydrogen (secondary N) is 1. The molecule has 102 valence electrons. The molecule has 3 heteroatoms. The van der Waals surface area contributed by atoms with E-state index in [2.05, 4.69) is 38.0 Å². The molecule has 3 atom stereocenters. The first-order valence-electron chi connectivity index (χ1n) is 7.16. The summed E-state index contributed by atoms with van der Waals surface area (Å²) >= 11 is 0. The highest BCUT2D eigenvalue weighted by Crippen LogP contribution is 2.33. The lowest BCUT2D eigenvalue weighted by atomic mass is 9.98. The third-order valence-corrected chi connectivity index (χ3v) is 4.41. The minimum atomic E-state index is -0.0143. The minimum absolute atomic E-state index is 0.0143. The van der Waals surface area contributed by atoms with Gasteiger partial charge in [-0.15, -0.1) is 0 Å². The Bertz CT molecular complexity index is 222. The van der Waals surface area contributed by atoms with Gasteiger partial charge >= 0.3 is 0 Å². The van der Waals surface area contributed by atoms with E-state index >= 15 is 0 Å². The van der Waals surface area contributed by atoms with Gasteiger partial charge in [-0.3, -0.25) is 0 Å². The maximum absolute atomic E-state index is 9.61. The first-order chi connectivity index (χ1) is 8.08. The summed E-state index contributed by atoms with van der Waals surface area (Å²) in [5.74, 6) is 0. The van der Waals surface area contributed by atoms with Gasteiger partial charge in [0.25, 0.3) is 0 Å². The lowest BCUT2D eigenvalue weighted by molar-refractivity contribution is 0.136. The van der Waals surface area contributed by atoms with Gasteiger partial charge in [0.1, 0.15) is 0 Å². The molecule has 0 amide bonds. The van der Waals surface area contributed by atoms with Crippen LogP contribution in [0.4, 0.5) is 0 Å². The highest BCUT2D eigenvalue weighted by atomic mass is 16.3. The van der Waals surface area contributed by atoms with Gasteiger partial charge in [0, 0.05) is 17.6 Å². The van der Waals surface area contributed by atoms with Crippen LogP contribution in [0.1, 0.15) is 52.9 Å². The van der Waals surface area contributed by atoms with Crippen LogP contribution in [0.15, 0.2) is 0 Å². The van der Waals surface area contributed by atoms with Crippen LogP contribution in [0.25, 0.3) is 0 Å². The summed E-state index contributed by atoms with van der Waals surface area (Å²) in [6.45, 7) is 7.90. The fraction of sp³-hybridized carbons (Fsp3) is 1.00. The molecule has 1 aliphatic rings. The number of aliphatic hydroxyl groups is 1. The topological polar surface area (TPSA) is 35.5 Å². The van der Waals surface area contributed by atoms with E-state index in [0.29, 0.717) is 12.1 Å². The molecule has 1 aliphatic carbocycles. The van der Waals surface area contributed by atoms with Crippen molar-refractivity contribution in [1.29, 1.82) is 0 Å². The van der Waals surface area contributed by atoms with Gasteiger partial charge in [-0.05, 0) is 46.2 Å². The van der Waals surface area contributed by atoms with Crippen LogP contribution in [-0.2, 0) is 0 Å². The van der Waals surface area contributed by atoms with E-state index in [1.54, 1.807) is 0 Å². The van der Waals surface area contributed by atoms with Crippen LogP contribution in [0.3, 0.4) is 0 Å². The maximum atomic E-state index is 9.61. The molecule has 1 fully saturated rings. The van der Waals surface area contributed by atoms with Gasteiger partial charge < -0.3 is 15.3 Å². The van der Waals surface area contributed by atoms with Crippen molar-refractivity contribution in [3.05, 3.63) is 0 Å². The third kappa shape index (κ3) is 3.67. The van der Waals surface area contributed by atoms with Crippen LogP contribution in [0.2, 0.25) is 0 Å². The second-order valence-corrected chi connectivity index (χ2v) is 5.67. The van der Waals surface area contributed by atoms with Crippen molar-refractivity contribution in [2.24, 2.45) is 0 Å². The molecule has 3 unspecified atom stereocenters. The van der Waals surface area contributed by atoms with Crippen LogP contribution < -0.4 is 5.32 Å². The Hall–Kier alpha value is -0.120. The third-order valence-electron chi connectivity index (χ3n) is 4.41. The summed E-state index contributed by atoms with van der Waals surface area (Å²) in [6, 6.07) is 1.28. The number of aliphatic hydroxyl groups excluding tert-OH is 1. The van der Waals surface area contributed by atoms with E-state index < -0.39 is 0 Å². The monoisotopic (exact) mass is 242 g/mol. The molecule has 0 heterocycles. The number of likely N-dealkylation sites (N-methyl/N-ethyl adjacent to an activating group) is 1. The van der Waals surface area contributed by atoms with Gasteiger partial charge in [-0.1, -0.05) is 20.3 Å². The zero-order valence-corrected chi connectivity index (χ0v) is 12.0. The molecule has 0 radical (unpaired) electrons. The molecule has 3 nitrogen and oxygen atoms in total.